The summed E-state index contributed by atoms with van der Waals surface area (Å²) in [4.78, 5) is 13.0. The van der Waals surface area contributed by atoms with Crippen LogP contribution in [0.15, 0.2) is 76.5 Å². The Morgan fingerprint density at radius 3 is 2.13 bits per heavy atom. The second kappa shape index (κ2) is 11.5. The number of carbonyl (C=O) groups excluding carboxylic acids is 1. The van der Waals surface area contributed by atoms with Gasteiger partial charge >= 0.3 is 0 Å². The zero-order valence-corrected chi connectivity index (χ0v) is 22.9. The Labute approximate surface area is 223 Å². The van der Waals surface area contributed by atoms with Crippen LogP contribution in [0.3, 0.4) is 0 Å². The topological polar surface area (TPSA) is 122 Å². The summed E-state index contributed by atoms with van der Waals surface area (Å²) in [7, 11) is -7.22. The van der Waals surface area contributed by atoms with E-state index in [1.54, 1.807) is 61.5 Å². The lowest BCUT2D eigenvalue weighted by molar-refractivity contribution is 0.0947. The van der Waals surface area contributed by atoms with E-state index in [1.807, 2.05) is 6.92 Å². The molecule has 0 radical (unpaired) electrons. The van der Waals surface area contributed by atoms with Crippen molar-refractivity contribution in [2.45, 2.75) is 36.5 Å². The van der Waals surface area contributed by atoms with Crippen molar-refractivity contribution in [3.05, 3.63) is 83.4 Å². The van der Waals surface area contributed by atoms with Crippen LogP contribution in [-0.4, -0.2) is 53.3 Å². The minimum Gasteiger partial charge on any atom is -0.492 e. The van der Waals surface area contributed by atoms with Gasteiger partial charge < -0.3 is 10.1 Å². The summed E-state index contributed by atoms with van der Waals surface area (Å²) in [5.74, 6) is 0.178. The smallest absolute Gasteiger partial charge is 0.261 e. The van der Waals surface area contributed by atoms with Crippen LogP contribution in [0.2, 0.25) is 0 Å². The predicted octanol–water partition coefficient (Wildman–Crippen LogP) is 3.70. The van der Waals surface area contributed by atoms with Crippen LogP contribution < -0.4 is 14.8 Å². The molecule has 0 saturated carbocycles. The quantitative estimate of drug-likeness (QED) is 0.367. The van der Waals surface area contributed by atoms with Gasteiger partial charge in [0.2, 0.25) is 10.0 Å². The first-order chi connectivity index (χ1) is 18.1. The van der Waals surface area contributed by atoms with E-state index in [-0.39, 0.29) is 28.8 Å². The maximum atomic E-state index is 12.7. The van der Waals surface area contributed by atoms with Gasteiger partial charge in [-0.05, 0) is 86.8 Å². The first-order valence-electron chi connectivity index (χ1n) is 12.3. The van der Waals surface area contributed by atoms with Crippen molar-refractivity contribution in [1.29, 1.82) is 0 Å². The molecule has 38 heavy (non-hydrogen) atoms. The van der Waals surface area contributed by atoms with Crippen molar-refractivity contribution in [2.24, 2.45) is 0 Å². The van der Waals surface area contributed by atoms with Crippen molar-refractivity contribution in [3.8, 4) is 5.75 Å². The zero-order chi connectivity index (χ0) is 27.3. The summed E-state index contributed by atoms with van der Waals surface area (Å²) in [6.45, 7) is 5.12. The van der Waals surface area contributed by atoms with Crippen LogP contribution in [-0.2, 0) is 20.0 Å². The van der Waals surface area contributed by atoms with Gasteiger partial charge in [-0.2, -0.15) is 4.31 Å². The Hall–Kier alpha value is -3.41. The van der Waals surface area contributed by atoms with Gasteiger partial charge in [0.25, 0.3) is 15.9 Å². The normalized spacial score (nSPS) is 14.3. The van der Waals surface area contributed by atoms with Crippen LogP contribution in [0.25, 0.3) is 0 Å². The number of benzene rings is 3. The molecule has 0 atom stereocenters. The van der Waals surface area contributed by atoms with Crippen molar-refractivity contribution in [1.82, 2.24) is 9.62 Å². The molecule has 3 aromatic rings. The van der Waals surface area contributed by atoms with E-state index in [2.05, 4.69) is 10.0 Å². The highest BCUT2D eigenvalue weighted by Crippen LogP contribution is 2.23. The molecule has 1 aliphatic heterocycles. The summed E-state index contributed by atoms with van der Waals surface area (Å²) in [5, 5.41) is 2.76. The zero-order valence-electron chi connectivity index (χ0n) is 21.3. The molecule has 9 nitrogen and oxygen atoms in total. The number of nitrogens with one attached hydrogen (secondary N) is 2. The summed E-state index contributed by atoms with van der Waals surface area (Å²) < 4.78 is 60.2. The Morgan fingerprint density at radius 1 is 0.868 bits per heavy atom. The molecular weight excluding hydrogens is 526 g/mol. The number of anilines is 1. The summed E-state index contributed by atoms with van der Waals surface area (Å²) in [6.07, 6.45) is 1.76. The summed E-state index contributed by atoms with van der Waals surface area (Å²) >= 11 is 0. The van der Waals surface area contributed by atoms with Crippen LogP contribution in [0.1, 0.15) is 34.3 Å². The largest absolute Gasteiger partial charge is 0.492 e. The van der Waals surface area contributed by atoms with Gasteiger partial charge in [-0.3, -0.25) is 9.52 Å². The van der Waals surface area contributed by atoms with Crippen molar-refractivity contribution < 1.29 is 26.4 Å². The molecule has 0 aliphatic carbocycles. The number of rotatable bonds is 10. The molecule has 4 rings (SSSR count). The highest BCUT2D eigenvalue weighted by atomic mass is 32.2. The van der Waals surface area contributed by atoms with Gasteiger partial charge in [-0.15, -0.1) is 0 Å². The van der Waals surface area contributed by atoms with Gasteiger partial charge in [0.05, 0.1) is 22.0 Å². The Morgan fingerprint density at radius 2 is 1.50 bits per heavy atom. The molecule has 0 aromatic heterocycles. The van der Waals surface area contributed by atoms with E-state index in [9.17, 15) is 21.6 Å². The maximum Gasteiger partial charge on any atom is 0.261 e. The van der Waals surface area contributed by atoms with Gasteiger partial charge in [-0.1, -0.05) is 17.7 Å². The molecule has 11 heteroatoms. The van der Waals surface area contributed by atoms with Crippen LogP contribution in [0.4, 0.5) is 5.69 Å². The van der Waals surface area contributed by atoms with E-state index >= 15 is 0 Å². The fourth-order valence-electron chi connectivity index (χ4n) is 4.06. The van der Waals surface area contributed by atoms with E-state index in [4.69, 9.17) is 4.74 Å². The molecule has 1 heterocycles. The standard InChI is InChI=1S/C27H31N3O6S2/c1-20-5-10-24(11-6-20)37(32,33)29-26-14-7-22(19-21(26)2)27(31)28-15-18-36-23-8-12-25(13-9-23)38(34,35)30-16-3-4-17-30/h5-14,19,29H,3-4,15-18H2,1-2H3,(H,28,31). The number of hydrogen-bond donors (Lipinski definition) is 2. The van der Waals surface area contributed by atoms with Crippen LogP contribution in [0.5, 0.6) is 5.75 Å². The fraction of sp³-hybridized carbons (Fsp3) is 0.296. The number of amides is 1. The van der Waals surface area contributed by atoms with Gasteiger partial charge in [-0.25, -0.2) is 16.8 Å². The first kappa shape index (κ1) is 27.6. The molecule has 1 saturated heterocycles. The van der Waals surface area contributed by atoms with Crippen LogP contribution >= 0.6 is 0 Å². The number of ether oxygens (including phenoxy) is 1. The molecule has 2 N–H and O–H groups in total. The van der Waals surface area contributed by atoms with E-state index in [0.29, 0.717) is 35.7 Å². The SMILES string of the molecule is Cc1ccc(S(=O)(=O)Nc2ccc(C(=O)NCCOc3ccc(S(=O)(=O)N4CCCC4)cc3)cc2C)cc1. The lowest BCUT2D eigenvalue weighted by Crippen LogP contribution is -2.28. The Balaban J connectivity index is 1.28. The number of hydrogen-bond acceptors (Lipinski definition) is 6. The number of aryl methyl sites for hydroxylation is 2. The third kappa shape index (κ3) is 6.53. The lowest BCUT2D eigenvalue weighted by Gasteiger charge is -2.15. The van der Waals surface area contributed by atoms with E-state index < -0.39 is 20.0 Å². The maximum absolute atomic E-state index is 12.7. The summed E-state index contributed by atoms with van der Waals surface area (Å²) in [5.41, 5.74) is 2.34. The third-order valence-corrected chi connectivity index (χ3v) is 9.54. The highest BCUT2D eigenvalue weighted by molar-refractivity contribution is 7.92. The molecular formula is C27H31N3O6S2. The first-order valence-corrected chi connectivity index (χ1v) is 15.2. The fourth-order valence-corrected chi connectivity index (χ4v) is 6.71. The van der Waals surface area contributed by atoms with E-state index in [0.717, 1.165) is 18.4 Å². The molecule has 3 aromatic carbocycles. The molecule has 0 bridgehead atoms. The molecule has 1 amide bonds. The van der Waals surface area contributed by atoms with Gasteiger partial charge in [0, 0.05) is 18.7 Å². The van der Waals surface area contributed by atoms with Crippen molar-refractivity contribution in [3.63, 3.8) is 0 Å². The second-order valence-electron chi connectivity index (χ2n) is 9.14. The van der Waals surface area contributed by atoms with E-state index in [1.165, 1.54) is 16.4 Å². The minimum absolute atomic E-state index is 0.159. The monoisotopic (exact) mass is 557 g/mol. The number of carbonyl (C=O) groups is 1. The lowest BCUT2D eigenvalue weighted by atomic mass is 10.1. The van der Waals surface area contributed by atoms with Crippen molar-refractivity contribution in [2.75, 3.05) is 31.0 Å². The number of sulfonamides is 2. The second-order valence-corrected chi connectivity index (χ2v) is 12.8. The number of nitrogens with zero attached hydrogens (tertiary/aromatic N) is 1. The molecule has 202 valence electrons. The van der Waals surface area contributed by atoms with Crippen LogP contribution in [0, 0.1) is 13.8 Å². The van der Waals surface area contributed by atoms with Gasteiger partial charge in [0.1, 0.15) is 12.4 Å². The third-order valence-electron chi connectivity index (χ3n) is 6.25. The Bertz CT molecular complexity index is 1500. The molecule has 0 spiro atoms. The van der Waals surface area contributed by atoms with Crippen molar-refractivity contribution >= 4 is 31.6 Å². The summed E-state index contributed by atoms with van der Waals surface area (Å²) in [6, 6.07) is 17.5. The Kier molecular flexibility index (Phi) is 8.39. The average Bonchev–Trinajstić information content (AvgIpc) is 3.44. The minimum atomic E-state index is -3.75. The predicted molar refractivity (Wildman–Crippen MR) is 145 cm³/mol. The average molecular weight is 558 g/mol. The molecule has 1 aliphatic rings. The molecule has 0 unspecified atom stereocenters. The highest BCUT2D eigenvalue weighted by Gasteiger charge is 2.27. The molecule has 1 fully saturated rings. The van der Waals surface area contributed by atoms with Gasteiger partial charge in [0.15, 0.2) is 0 Å².